The molecule has 0 saturated carbocycles. The van der Waals surface area contributed by atoms with Crippen molar-refractivity contribution in [3.05, 3.63) is 59.1 Å². The van der Waals surface area contributed by atoms with Crippen LogP contribution >= 0.6 is 15.9 Å². The average molecular weight is 414 g/mol. The van der Waals surface area contributed by atoms with Crippen molar-refractivity contribution in [1.82, 2.24) is 10.2 Å². The molecule has 0 aliphatic rings. The van der Waals surface area contributed by atoms with Gasteiger partial charge in [-0.2, -0.15) is 5.10 Å². The maximum absolute atomic E-state index is 11.9. The molecule has 0 spiro atoms. The predicted molar refractivity (Wildman–Crippen MR) is 107 cm³/mol. The van der Waals surface area contributed by atoms with Crippen molar-refractivity contribution < 1.29 is 9.53 Å². The molecule has 1 aromatic heterocycles. The van der Waals surface area contributed by atoms with E-state index in [4.69, 9.17) is 4.74 Å². The molecule has 3 rings (SSSR count). The zero-order valence-corrected chi connectivity index (χ0v) is 16.4. The summed E-state index contributed by atoms with van der Waals surface area (Å²) >= 11 is 3.55. The molecule has 0 bridgehead atoms. The summed E-state index contributed by atoms with van der Waals surface area (Å²) < 4.78 is 6.27. The topological polar surface area (TPSA) is 67.0 Å². The van der Waals surface area contributed by atoms with Crippen LogP contribution in [0.4, 0.5) is 10.5 Å². The van der Waals surface area contributed by atoms with Crippen LogP contribution in [0.25, 0.3) is 22.5 Å². The molecular weight excluding hydrogens is 394 g/mol. The van der Waals surface area contributed by atoms with E-state index in [-0.39, 0.29) is 0 Å². The van der Waals surface area contributed by atoms with Crippen molar-refractivity contribution in [2.24, 2.45) is 0 Å². The van der Waals surface area contributed by atoms with Crippen LogP contribution in [0.2, 0.25) is 0 Å². The third-order valence-electron chi connectivity index (χ3n) is 3.55. The number of anilines is 1. The number of hydrogen-bond donors (Lipinski definition) is 2. The highest BCUT2D eigenvalue weighted by atomic mass is 79.9. The van der Waals surface area contributed by atoms with E-state index in [1.807, 2.05) is 75.4 Å². The highest BCUT2D eigenvalue weighted by Crippen LogP contribution is 2.30. The van der Waals surface area contributed by atoms with Crippen LogP contribution in [0.3, 0.4) is 0 Å². The molecule has 0 saturated heterocycles. The second kappa shape index (κ2) is 7.33. The van der Waals surface area contributed by atoms with E-state index in [0.717, 1.165) is 27.0 Å². The van der Waals surface area contributed by atoms with Gasteiger partial charge in [0.25, 0.3) is 0 Å². The molecule has 1 amide bonds. The van der Waals surface area contributed by atoms with Crippen molar-refractivity contribution in [2.45, 2.75) is 26.4 Å². The zero-order chi connectivity index (χ0) is 18.7. The molecule has 0 aliphatic heterocycles. The van der Waals surface area contributed by atoms with Gasteiger partial charge in [0, 0.05) is 21.3 Å². The number of carbonyl (C=O) groups excluding carboxylic acids is 1. The number of H-pyrrole nitrogens is 1. The number of amides is 1. The van der Waals surface area contributed by atoms with Crippen LogP contribution in [-0.2, 0) is 4.74 Å². The largest absolute Gasteiger partial charge is 0.444 e. The Labute approximate surface area is 160 Å². The van der Waals surface area contributed by atoms with Crippen molar-refractivity contribution in [1.29, 1.82) is 0 Å². The number of nitrogens with one attached hydrogen (secondary N) is 2. The van der Waals surface area contributed by atoms with Crippen molar-refractivity contribution in [3.8, 4) is 22.5 Å². The second-order valence-electron chi connectivity index (χ2n) is 6.85. The predicted octanol–water partition coefficient (Wildman–Crippen LogP) is 5.85. The van der Waals surface area contributed by atoms with Crippen LogP contribution in [0.5, 0.6) is 0 Å². The summed E-state index contributed by atoms with van der Waals surface area (Å²) in [6.07, 6.45) is -0.479. The highest BCUT2D eigenvalue weighted by Gasteiger charge is 2.16. The average Bonchev–Trinajstić information content (AvgIpc) is 3.03. The van der Waals surface area contributed by atoms with E-state index < -0.39 is 11.7 Å². The molecule has 6 heteroatoms. The van der Waals surface area contributed by atoms with Gasteiger partial charge in [0.05, 0.1) is 11.4 Å². The van der Waals surface area contributed by atoms with Crippen LogP contribution in [0.15, 0.2) is 59.1 Å². The summed E-state index contributed by atoms with van der Waals surface area (Å²) in [4.78, 5) is 11.9. The lowest BCUT2D eigenvalue weighted by Crippen LogP contribution is -2.27. The van der Waals surface area contributed by atoms with Gasteiger partial charge in [-0.3, -0.25) is 10.4 Å². The number of rotatable bonds is 3. The molecule has 26 heavy (non-hydrogen) atoms. The van der Waals surface area contributed by atoms with Crippen LogP contribution in [0.1, 0.15) is 20.8 Å². The molecule has 0 aliphatic carbocycles. The fourth-order valence-electron chi connectivity index (χ4n) is 2.46. The first kappa shape index (κ1) is 18.2. The van der Waals surface area contributed by atoms with Gasteiger partial charge in [0.1, 0.15) is 5.60 Å². The van der Waals surface area contributed by atoms with E-state index in [0.29, 0.717) is 5.69 Å². The SMILES string of the molecule is CC(C)(C)OC(=O)Nc1cccc(-c2cc(-c3ccccc3Br)n[nH]2)c1. The fraction of sp³-hybridized carbons (Fsp3) is 0.200. The Morgan fingerprint density at radius 2 is 1.88 bits per heavy atom. The fourth-order valence-corrected chi connectivity index (χ4v) is 2.95. The quantitative estimate of drug-likeness (QED) is 0.565. The third kappa shape index (κ3) is 4.52. The highest BCUT2D eigenvalue weighted by molar-refractivity contribution is 9.10. The maximum atomic E-state index is 11.9. The minimum absolute atomic E-state index is 0.479. The van der Waals surface area contributed by atoms with Gasteiger partial charge in [0.2, 0.25) is 0 Å². The third-order valence-corrected chi connectivity index (χ3v) is 4.24. The summed E-state index contributed by atoms with van der Waals surface area (Å²) in [5, 5.41) is 10.2. The molecule has 5 nitrogen and oxygen atoms in total. The number of nitrogens with zero attached hydrogens (tertiary/aromatic N) is 1. The molecule has 0 unspecified atom stereocenters. The summed E-state index contributed by atoms with van der Waals surface area (Å²) in [7, 11) is 0. The van der Waals surface area contributed by atoms with Crippen molar-refractivity contribution in [2.75, 3.05) is 5.32 Å². The molecule has 2 aromatic carbocycles. The number of aromatic nitrogens is 2. The van der Waals surface area contributed by atoms with E-state index in [1.165, 1.54) is 0 Å². The number of carbonyl (C=O) groups is 1. The standard InChI is InChI=1S/C20H20BrN3O2/c1-20(2,3)26-19(25)22-14-8-6-7-13(11-14)17-12-18(24-23-17)15-9-4-5-10-16(15)21/h4-12H,1-3H3,(H,22,25)(H,23,24). The molecular formula is C20H20BrN3O2. The van der Waals surface area contributed by atoms with E-state index in [1.54, 1.807) is 0 Å². The molecule has 0 atom stereocenters. The lowest BCUT2D eigenvalue weighted by Gasteiger charge is -2.19. The first-order valence-corrected chi connectivity index (χ1v) is 9.02. The number of aromatic amines is 1. The van der Waals surface area contributed by atoms with E-state index in [2.05, 4.69) is 31.4 Å². The van der Waals surface area contributed by atoms with Gasteiger partial charge in [-0.25, -0.2) is 4.79 Å². The van der Waals surface area contributed by atoms with Crippen LogP contribution in [0, 0.1) is 0 Å². The monoisotopic (exact) mass is 413 g/mol. The van der Waals surface area contributed by atoms with E-state index in [9.17, 15) is 4.79 Å². The van der Waals surface area contributed by atoms with Gasteiger partial charge >= 0.3 is 6.09 Å². The summed E-state index contributed by atoms with van der Waals surface area (Å²) in [5.74, 6) is 0. The first-order valence-electron chi connectivity index (χ1n) is 8.22. The minimum atomic E-state index is -0.539. The van der Waals surface area contributed by atoms with Crippen LogP contribution < -0.4 is 5.32 Å². The van der Waals surface area contributed by atoms with Gasteiger partial charge in [-0.15, -0.1) is 0 Å². The molecule has 1 heterocycles. The molecule has 0 fully saturated rings. The Morgan fingerprint density at radius 3 is 2.62 bits per heavy atom. The second-order valence-corrected chi connectivity index (χ2v) is 7.71. The van der Waals surface area contributed by atoms with Gasteiger partial charge < -0.3 is 4.74 Å². The molecule has 3 aromatic rings. The Hall–Kier alpha value is -2.60. The maximum Gasteiger partial charge on any atom is 0.412 e. The van der Waals surface area contributed by atoms with Crippen molar-refractivity contribution >= 4 is 27.7 Å². The van der Waals surface area contributed by atoms with Gasteiger partial charge in [0.15, 0.2) is 0 Å². The van der Waals surface area contributed by atoms with Gasteiger partial charge in [-0.1, -0.05) is 46.3 Å². The van der Waals surface area contributed by atoms with E-state index >= 15 is 0 Å². The lowest BCUT2D eigenvalue weighted by molar-refractivity contribution is 0.0636. The van der Waals surface area contributed by atoms with Gasteiger partial charge in [-0.05, 0) is 45.0 Å². The Kier molecular flexibility index (Phi) is 5.13. The van der Waals surface area contributed by atoms with Crippen LogP contribution in [-0.4, -0.2) is 21.9 Å². The molecule has 0 radical (unpaired) electrons. The lowest BCUT2D eigenvalue weighted by atomic mass is 10.1. The molecule has 2 N–H and O–H groups in total. The minimum Gasteiger partial charge on any atom is -0.444 e. The summed E-state index contributed by atoms with van der Waals surface area (Å²) in [6, 6.07) is 17.4. The molecule has 134 valence electrons. The smallest absolute Gasteiger partial charge is 0.412 e. The summed E-state index contributed by atoms with van der Waals surface area (Å²) in [5.41, 5.74) is 3.76. The Morgan fingerprint density at radius 1 is 1.12 bits per heavy atom. The number of benzene rings is 2. The first-order chi connectivity index (χ1) is 12.3. The Balaban J connectivity index is 1.81. The van der Waals surface area contributed by atoms with Crippen molar-refractivity contribution in [3.63, 3.8) is 0 Å². The number of halogens is 1. The summed E-state index contributed by atoms with van der Waals surface area (Å²) in [6.45, 7) is 5.49. The Bertz CT molecular complexity index is 929. The normalized spacial score (nSPS) is 11.2. The number of ether oxygens (including phenoxy) is 1. The zero-order valence-electron chi connectivity index (χ0n) is 14.8. The number of hydrogen-bond acceptors (Lipinski definition) is 3.